The maximum absolute atomic E-state index is 5.53. The topological polar surface area (TPSA) is 38.5 Å². The molecule has 2 rings (SSSR count). The third kappa shape index (κ3) is 2.65. The lowest BCUT2D eigenvalue weighted by molar-refractivity contribution is 0.140. The van der Waals surface area contributed by atoms with Gasteiger partial charge in [-0.3, -0.25) is 4.90 Å². The smallest absolute Gasteiger partial charge is 0.0740 e. The SMILES string of the molecule is NC(=S)CCN(C1CC1)C1CCOC1. The minimum atomic E-state index is 0.622. The van der Waals surface area contributed by atoms with Crippen LogP contribution in [-0.2, 0) is 4.74 Å². The van der Waals surface area contributed by atoms with Crippen molar-refractivity contribution < 1.29 is 4.74 Å². The first kappa shape index (κ1) is 10.3. The Bertz CT molecular complexity index is 212. The highest BCUT2D eigenvalue weighted by molar-refractivity contribution is 7.80. The van der Waals surface area contributed by atoms with E-state index in [2.05, 4.69) is 4.90 Å². The fourth-order valence-corrected chi connectivity index (χ4v) is 2.18. The summed E-state index contributed by atoms with van der Waals surface area (Å²) in [7, 11) is 0. The van der Waals surface area contributed by atoms with Crippen molar-refractivity contribution in [2.45, 2.75) is 37.8 Å². The predicted molar refractivity (Wildman–Crippen MR) is 60.4 cm³/mol. The quantitative estimate of drug-likeness (QED) is 0.691. The summed E-state index contributed by atoms with van der Waals surface area (Å²) in [6, 6.07) is 1.41. The summed E-state index contributed by atoms with van der Waals surface area (Å²) in [5.74, 6) is 0. The highest BCUT2D eigenvalue weighted by Gasteiger charge is 2.35. The van der Waals surface area contributed by atoms with Crippen LogP contribution in [0.4, 0.5) is 0 Å². The van der Waals surface area contributed by atoms with Crippen LogP contribution in [0.2, 0.25) is 0 Å². The van der Waals surface area contributed by atoms with E-state index in [1.807, 2.05) is 0 Å². The molecule has 1 aliphatic carbocycles. The largest absolute Gasteiger partial charge is 0.393 e. The molecule has 0 radical (unpaired) electrons. The van der Waals surface area contributed by atoms with Crippen molar-refractivity contribution in [3.63, 3.8) is 0 Å². The van der Waals surface area contributed by atoms with Gasteiger partial charge in [-0.05, 0) is 19.3 Å². The van der Waals surface area contributed by atoms with Crippen molar-refractivity contribution in [1.29, 1.82) is 0 Å². The van der Waals surface area contributed by atoms with E-state index in [0.717, 1.165) is 32.2 Å². The molecular formula is C10H18N2OS. The normalized spacial score (nSPS) is 27.1. The summed E-state index contributed by atoms with van der Waals surface area (Å²) < 4.78 is 5.42. The number of rotatable bonds is 5. The van der Waals surface area contributed by atoms with Gasteiger partial charge < -0.3 is 10.5 Å². The van der Waals surface area contributed by atoms with Crippen molar-refractivity contribution >= 4 is 17.2 Å². The molecular weight excluding hydrogens is 196 g/mol. The molecule has 0 spiro atoms. The lowest BCUT2D eigenvalue weighted by atomic mass is 10.2. The van der Waals surface area contributed by atoms with Gasteiger partial charge >= 0.3 is 0 Å². The first-order valence-electron chi connectivity index (χ1n) is 5.39. The molecule has 2 N–H and O–H groups in total. The minimum absolute atomic E-state index is 0.622. The van der Waals surface area contributed by atoms with Gasteiger partial charge in [0.2, 0.25) is 0 Å². The number of hydrogen-bond donors (Lipinski definition) is 1. The lowest BCUT2D eigenvalue weighted by Gasteiger charge is -2.27. The number of thiocarbonyl (C=S) groups is 1. The Morgan fingerprint density at radius 2 is 2.14 bits per heavy atom. The van der Waals surface area contributed by atoms with Gasteiger partial charge in [0.1, 0.15) is 0 Å². The molecule has 0 amide bonds. The van der Waals surface area contributed by atoms with Crippen molar-refractivity contribution in [3.05, 3.63) is 0 Å². The Labute approximate surface area is 90.6 Å². The summed E-state index contributed by atoms with van der Waals surface area (Å²) in [6.07, 6.45) is 4.71. The Balaban J connectivity index is 1.83. The Hall–Kier alpha value is -0.190. The van der Waals surface area contributed by atoms with Crippen LogP contribution in [-0.4, -0.2) is 41.7 Å². The number of nitrogens with two attached hydrogens (primary N) is 1. The molecule has 0 bridgehead atoms. The molecule has 1 atom stereocenters. The van der Waals surface area contributed by atoms with E-state index < -0.39 is 0 Å². The van der Waals surface area contributed by atoms with E-state index in [4.69, 9.17) is 22.7 Å². The van der Waals surface area contributed by atoms with Crippen LogP contribution >= 0.6 is 12.2 Å². The first-order chi connectivity index (χ1) is 6.77. The van der Waals surface area contributed by atoms with Gasteiger partial charge in [-0.15, -0.1) is 0 Å². The number of ether oxygens (including phenoxy) is 1. The first-order valence-corrected chi connectivity index (χ1v) is 5.80. The van der Waals surface area contributed by atoms with Crippen LogP contribution in [0.25, 0.3) is 0 Å². The third-order valence-corrected chi connectivity index (χ3v) is 3.21. The van der Waals surface area contributed by atoms with Gasteiger partial charge in [0.25, 0.3) is 0 Å². The summed E-state index contributed by atoms with van der Waals surface area (Å²) in [5.41, 5.74) is 5.53. The molecule has 4 heteroatoms. The van der Waals surface area contributed by atoms with Crippen molar-refractivity contribution in [3.8, 4) is 0 Å². The van der Waals surface area contributed by atoms with Gasteiger partial charge in [-0.25, -0.2) is 0 Å². The average Bonchev–Trinajstić information content (AvgIpc) is 2.81. The maximum atomic E-state index is 5.53. The number of nitrogens with zero attached hydrogens (tertiary/aromatic N) is 1. The summed E-state index contributed by atoms with van der Waals surface area (Å²) in [6.45, 7) is 2.84. The van der Waals surface area contributed by atoms with E-state index in [-0.39, 0.29) is 0 Å². The third-order valence-electron chi connectivity index (χ3n) is 3.01. The molecule has 1 saturated heterocycles. The van der Waals surface area contributed by atoms with Crippen molar-refractivity contribution in [2.24, 2.45) is 5.73 Å². The molecule has 14 heavy (non-hydrogen) atoms. The van der Waals surface area contributed by atoms with Gasteiger partial charge in [0, 0.05) is 31.7 Å². The van der Waals surface area contributed by atoms with E-state index in [0.29, 0.717) is 11.0 Å². The zero-order valence-corrected chi connectivity index (χ0v) is 9.26. The molecule has 1 saturated carbocycles. The van der Waals surface area contributed by atoms with Gasteiger partial charge in [-0.1, -0.05) is 12.2 Å². The highest BCUT2D eigenvalue weighted by Crippen LogP contribution is 2.30. The van der Waals surface area contributed by atoms with Crippen molar-refractivity contribution in [1.82, 2.24) is 4.90 Å². The standard InChI is InChI=1S/C10H18N2OS/c11-10(14)3-5-12(8-1-2-8)9-4-6-13-7-9/h8-9H,1-7H2,(H2,11,14). The van der Waals surface area contributed by atoms with Crippen LogP contribution < -0.4 is 5.73 Å². The maximum Gasteiger partial charge on any atom is 0.0740 e. The lowest BCUT2D eigenvalue weighted by Crippen LogP contribution is -2.39. The Morgan fingerprint density at radius 1 is 1.36 bits per heavy atom. The van der Waals surface area contributed by atoms with Crippen LogP contribution in [0.1, 0.15) is 25.7 Å². The highest BCUT2D eigenvalue weighted by atomic mass is 32.1. The van der Waals surface area contributed by atoms with E-state index in [1.54, 1.807) is 0 Å². The molecule has 80 valence electrons. The van der Waals surface area contributed by atoms with Crippen LogP contribution in [0, 0.1) is 0 Å². The fourth-order valence-electron chi connectivity index (χ4n) is 2.09. The molecule has 0 aromatic carbocycles. The predicted octanol–water partition coefficient (Wildman–Crippen LogP) is 0.916. The second kappa shape index (κ2) is 4.55. The van der Waals surface area contributed by atoms with E-state index in [9.17, 15) is 0 Å². The van der Waals surface area contributed by atoms with Gasteiger partial charge in [0.05, 0.1) is 11.6 Å². The molecule has 3 nitrogen and oxygen atoms in total. The molecule has 0 aromatic rings. The van der Waals surface area contributed by atoms with Crippen LogP contribution in [0.5, 0.6) is 0 Å². The summed E-state index contributed by atoms with van der Waals surface area (Å²) >= 11 is 4.92. The van der Waals surface area contributed by atoms with E-state index >= 15 is 0 Å². The molecule has 2 fully saturated rings. The van der Waals surface area contributed by atoms with Gasteiger partial charge in [0.15, 0.2) is 0 Å². The van der Waals surface area contributed by atoms with Crippen LogP contribution in [0.3, 0.4) is 0 Å². The fraction of sp³-hybridized carbons (Fsp3) is 0.900. The molecule has 1 aliphatic heterocycles. The molecule has 2 aliphatic rings. The summed E-state index contributed by atoms with van der Waals surface area (Å²) in [4.78, 5) is 3.18. The molecule has 1 unspecified atom stereocenters. The van der Waals surface area contributed by atoms with Gasteiger partial charge in [-0.2, -0.15) is 0 Å². The second-order valence-electron chi connectivity index (χ2n) is 4.20. The minimum Gasteiger partial charge on any atom is -0.393 e. The Kier molecular flexibility index (Phi) is 3.36. The second-order valence-corrected chi connectivity index (χ2v) is 4.73. The zero-order valence-electron chi connectivity index (χ0n) is 8.45. The van der Waals surface area contributed by atoms with Crippen molar-refractivity contribution in [2.75, 3.05) is 19.8 Å². The average molecular weight is 214 g/mol. The van der Waals surface area contributed by atoms with E-state index in [1.165, 1.54) is 19.3 Å². The van der Waals surface area contributed by atoms with Crippen LogP contribution in [0.15, 0.2) is 0 Å². The number of hydrogen-bond acceptors (Lipinski definition) is 3. The monoisotopic (exact) mass is 214 g/mol. The molecule has 1 heterocycles. The molecule has 0 aromatic heterocycles. The zero-order chi connectivity index (χ0) is 9.97. The summed E-state index contributed by atoms with van der Waals surface area (Å²) in [5, 5.41) is 0. The Morgan fingerprint density at radius 3 is 2.64 bits per heavy atom.